The van der Waals surface area contributed by atoms with Crippen LogP contribution >= 0.6 is 23.2 Å². The summed E-state index contributed by atoms with van der Waals surface area (Å²) in [6.07, 6.45) is -1.17. The second-order valence-electron chi connectivity index (χ2n) is 8.03. The van der Waals surface area contributed by atoms with Gasteiger partial charge in [0.05, 0.1) is 12.1 Å². The first-order valence-electron chi connectivity index (χ1n) is 10.9. The summed E-state index contributed by atoms with van der Waals surface area (Å²) in [6.45, 7) is 1.44. The third kappa shape index (κ3) is 4.94. The number of ether oxygens (including phenoxy) is 2. The normalized spacial score (nSPS) is 11.7. The van der Waals surface area contributed by atoms with E-state index >= 15 is 0 Å². The molecule has 36 heavy (non-hydrogen) atoms. The van der Waals surface area contributed by atoms with Gasteiger partial charge < -0.3 is 19.4 Å². The third-order valence-corrected chi connectivity index (χ3v) is 6.25. The van der Waals surface area contributed by atoms with Crippen LogP contribution in [0.1, 0.15) is 17.4 Å². The molecular formula is C27H22Cl2N2O5. The number of methoxy groups -OCH3 is 1. The highest BCUT2D eigenvalue weighted by molar-refractivity contribution is 6.32. The zero-order chi connectivity index (χ0) is 26.0. The molecule has 1 amide bonds. The van der Waals surface area contributed by atoms with Gasteiger partial charge in [0.25, 0.3) is 11.5 Å². The van der Waals surface area contributed by atoms with Crippen LogP contribution in [-0.4, -0.2) is 29.7 Å². The van der Waals surface area contributed by atoms with Gasteiger partial charge >= 0.3 is 5.97 Å². The fourth-order valence-corrected chi connectivity index (χ4v) is 4.25. The molecule has 7 nitrogen and oxygen atoms in total. The van der Waals surface area contributed by atoms with Gasteiger partial charge in [-0.25, -0.2) is 4.79 Å². The Bertz CT molecular complexity index is 1530. The van der Waals surface area contributed by atoms with E-state index in [1.165, 1.54) is 31.7 Å². The van der Waals surface area contributed by atoms with E-state index in [2.05, 4.69) is 5.32 Å². The van der Waals surface area contributed by atoms with E-state index in [1.54, 1.807) is 60.7 Å². The van der Waals surface area contributed by atoms with E-state index < -0.39 is 18.0 Å². The molecule has 0 bridgehead atoms. The van der Waals surface area contributed by atoms with Gasteiger partial charge in [0.1, 0.15) is 11.4 Å². The predicted octanol–water partition coefficient (Wildman–Crippen LogP) is 5.70. The zero-order valence-electron chi connectivity index (χ0n) is 19.7. The molecule has 1 heterocycles. The molecule has 4 aromatic rings. The number of hydrogen-bond donors (Lipinski definition) is 1. The Morgan fingerprint density at radius 1 is 0.972 bits per heavy atom. The number of pyridine rings is 1. The van der Waals surface area contributed by atoms with Crippen LogP contribution in [0.5, 0.6) is 5.75 Å². The Balaban J connectivity index is 1.70. The van der Waals surface area contributed by atoms with E-state index in [1.807, 2.05) is 0 Å². The lowest BCUT2D eigenvalue weighted by Crippen LogP contribution is -2.32. The first-order valence-corrected chi connectivity index (χ1v) is 11.7. The van der Waals surface area contributed by atoms with E-state index in [-0.39, 0.29) is 11.3 Å². The fraction of sp³-hybridized carbons (Fsp3) is 0.148. The van der Waals surface area contributed by atoms with Crippen molar-refractivity contribution in [3.63, 3.8) is 0 Å². The number of aromatic nitrogens is 1. The molecule has 0 radical (unpaired) electrons. The molecule has 0 aliphatic rings. The second-order valence-corrected chi connectivity index (χ2v) is 8.87. The molecule has 0 fully saturated rings. The third-order valence-electron chi connectivity index (χ3n) is 5.70. The van der Waals surface area contributed by atoms with Crippen LogP contribution in [-0.2, 0) is 16.6 Å². The molecule has 1 atom stereocenters. The average molecular weight is 525 g/mol. The summed E-state index contributed by atoms with van der Waals surface area (Å²) in [5, 5.41) is 4.54. The lowest BCUT2D eigenvalue weighted by molar-refractivity contribution is -0.123. The molecule has 1 N–H and O–H groups in total. The van der Waals surface area contributed by atoms with Gasteiger partial charge in [-0.15, -0.1) is 0 Å². The number of hydrogen-bond acceptors (Lipinski definition) is 5. The molecule has 0 saturated carbocycles. The number of anilines is 1. The summed E-state index contributed by atoms with van der Waals surface area (Å²) < 4.78 is 11.9. The zero-order valence-corrected chi connectivity index (χ0v) is 21.2. The van der Waals surface area contributed by atoms with Crippen molar-refractivity contribution in [2.24, 2.45) is 7.05 Å². The summed E-state index contributed by atoms with van der Waals surface area (Å²) in [5.41, 5.74) is 1.24. The molecule has 0 saturated heterocycles. The number of fused-ring (bicyclic) bond motifs is 1. The van der Waals surface area contributed by atoms with E-state index in [9.17, 15) is 14.4 Å². The number of nitrogens with zero attached hydrogens (tertiary/aromatic N) is 1. The minimum atomic E-state index is -1.17. The number of halogens is 2. The number of rotatable bonds is 6. The van der Waals surface area contributed by atoms with Crippen LogP contribution in [0.2, 0.25) is 10.0 Å². The molecule has 4 rings (SSSR count). The molecule has 9 heteroatoms. The molecule has 184 valence electrons. The molecule has 0 aliphatic heterocycles. The average Bonchev–Trinajstić information content (AvgIpc) is 2.86. The number of benzene rings is 3. The molecule has 3 aromatic carbocycles. The fourth-order valence-electron chi connectivity index (χ4n) is 3.87. The maximum Gasteiger partial charge on any atom is 0.356 e. The molecule has 1 unspecified atom stereocenters. The predicted molar refractivity (Wildman–Crippen MR) is 141 cm³/mol. The Morgan fingerprint density at radius 2 is 1.64 bits per heavy atom. The monoisotopic (exact) mass is 524 g/mol. The maximum atomic E-state index is 13.4. The van der Waals surface area contributed by atoms with Gasteiger partial charge in [-0.05, 0) is 54.3 Å². The topological polar surface area (TPSA) is 86.6 Å². The van der Waals surface area contributed by atoms with Crippen LogP contribution in [0.15, 0.2) is 71.5 Å². The van der Waals surface area contributed by atoms with Crippen molar-refractivity contribution < 1.29 is 19.1 Å². The van der Waals surface area contributed by atoms with Gasteiger partial charge in [-0.1, -0.05) is 53.5 Å². The van der Waals surface area contributed by atoms with E-state index in [0.29, 0.717) is 43.4 Å². The van der Waals surface area contributed by atoms with Crippen molar-refractivity contribution in [3.8, 4) is 16.9 Å². The van der Waals surface area contributed by atoms with E-state index in [0.717, 1.165) is 0 Å². The van der Waals surface area contributed by atoms with Crippen molar-refractivity contribution in [2.45, 2.75) is 13.0 Å². The largest absolute Gasteiger partial charge is 0.495 e. The molecule has 0 spiro atoms. The lowest BCUT2D eigenvalue weighted by Gasteiger charge is -2.19. The van der Waals surface area contributed by atoms with Crippen molar-refractivity contribution >= 4 is 51.5 Å². The smallest absolute Gasteiger partial charge is 0.356 e. The number of carbonyl (C=O) groups excluding carboxylic acids is 2. The lowest BCUT2D eigenvalue weighted by atomic mass is 9.96. The summed E-state index contributed by atoms with van der Waals surface area (Å²) >= 11 is 12.2. The van der Waals surface area contributed by atoms with Crippen molar-refractivity contribution in [2.75, 3.05) is 12.4 Å². The standard InChI is InChI=1S/C27H22Cl2N2O5/c1-15(25(32)30-18-12-13-22(35-3)21(29)14-18)36-27(34)24-23(16-8-10-17(28)11-9-16)19-6-4-5-7-20(19)26(33)31(24)2/h4-15H,1-3H3,(H,30,32). The van der Waals surface area contributed by atoms with Gasteiger partial charge in [0.2, 0.25) is 0 Å². The molecule has 1 aromatic heterocycles. The highest BCUT2D eigenvalue weighted by Crippen LogP contribution is 2.32. The van der Waals surface area contributed by atoms with Crippen LogP contribution < -0.4 is 15.6 Å². The number of nitrogens with one attached hydrogen (secondary N) is 1. The number of esters is 1. The van der Waals surface area contributed by atoms with Gasteiger partial charge in [-0.3, -0.25) is 9.59 Å². The van der Waals surface area contributed by atoms with E-state index in [4.69, 9.17) is 32.7 Å². The van der Waals surface area contributed by atoms with Crippen LogP contribution in [0.25, 0.3) is 21.9 Å². The number of amides is 1. The maximum absolute atomic E-state index is 13.4. The minimum Gasteiger partial charge on any atom is -0.495 e. The van der Waals surface area contributed by atoms with Crippen molar-refractivity contribution in [1.29, 1.82) is 0 Å². The highest BCUT2D eigenvalue weighted by Gasteiger charge is 2.26. The molecular weight excluding hydrogens is 503 g/mol. The Kier molecular flexibility index (Phi) is 7.33. The Morgan fingerprint density at radius 3 is 2.28 bits per heavy atom. The Labute approximate surface area is 217 Å². The molecule has 0 aliphatic carbocycles. The first kappa shape index (κ1) is 25.3. The summed E-state index contributed by atoms with van der Waals surface area (Å²) in [5.74, 6) is -0.926. The SMILES string of the molecule is COc1ccc(NC(=O)C(C)OC(=O)c2c(-c3ccc(Cl)cc3)c3ccccc3c(=O)n2C)cc1Cl. The first-order chi connectivity index (χ1) is 17.2. The van der Waals surface area contributed by atoms with Crippen LogP contribution in [0.4, 0.5) is 5.69 Å². The van der Waals surface area contributed by atoms with Crippen LogP contribution in [0.3, 0.4) is 0 Å². The van der Waals surface area contributed by atoms with Gasteiger partial charge in [-0.2, -0.15) is 0 Å². The van der Waals surface area contributed by atoms with Crippen molar-refractivity contribution in [3.05, 3.63) is 92.8 Å². The van der Waals surface area contributed by atoms with Gasteiger partial charge in [0, 0.05) is 28.7 Å². The second kappa shape index (κ2) is 10.4. The Hall–Kier alpha value is -3.81. The minimum absolute atomic E-state index is 0.0214. The number of carbonyl (C=O) groups is 2. The van der Waals surface area contributed by atoms with Gasteiger partial charge in [0.15, 0.2) is 6.10 Å². The highest BCUT2D eigenvalue weighted by atomic mass is 35.5. The summed E-state index contributed by atoms with van der Waals surface area (Å²) in [7, 11) is 2.98. The van der Waals surface area contributed by atoms with Crippen LogP contribution in [0, 0.1) is 0 Å². The summed E-state index contributed by atoms with van der Waals surface area (Å²) in [6, 6.07) is 18.7. The summed E-state index contributed by atoms with van der Waals surface area (Å²) in [4.78, 5) is 39.2. The van der Waals surface area contributed by atoms with Crippen molar-refractivity contribution in [1.82, 2.24) is 4.57 Å². The quantitative estimate of drug-likeness (QED) is 0.326.